The Morgan fingerprint density at radius 3 is 3.05 bits per heavy atom. The molecular weight excluding hydrogens is 264 g/mol. The molecule has 21 heavy (non-hydrogen) atoms. The first-order valence-electron chi connectivity index (χ1n) is 7.92. The second kappa shape index (κ2) is 4.98. The second-order valence-electron chi connectivity index (χ2n) is 6.49. The predicted octanol–water partition coefficient (Wildman–Crippen LogP) is 2.73. The highest BCUT2D eigenvalue weighted by atomic mass is 16.5. The van der Waals surface area contributed by atoms with Gasteiger partial charge in [0.1, 0.15) is 5.52 Å². The lowest BCUT2D eigenvalue weighted by molar-refractivity contribution is -0.0266. The zero-order valence-corrected chi connectivity index (χ0v) is 12.5. The number of rotatable bonds is 4. The van der Waals surface area contributed by atoms with Crippen molar-refractivity contribution < 1.29 is 4.74 Å². The number of hydrogen-bond acceptors (Lipinski definition) is 4. The van der Waals surface area contributed by atoms with Gasteiger partial charge in [0.25, 0.3) is 0 Å². The molecule has 1 aliphatic carbocycles. The molecule has 2 fully saturated rings. The summed E-state index contributed by atoms with van der Waals surface area (Å²) in [7, 11) is 1.92. The van der Waals surface area contributed by atoms with E-state index in [0.29, 0.717) is 11.5 Å². The van der Waals surface area contributed by atoms with Gasteiger partial charge in [-0.15, -0.1) is 5.10 Å². The van der Waals surface area contributed by atoms with Gasteiger partial charge in [-0.05, 0) is 50.3 Å². The number of nitrogens with zero attached hydrogens (tertiary/aromatic N) is 3. The summed E-state index contributed by atoms with van der Waals surface area (Å²) in [5.41, 5.74) is 3.52. The van der Waals surface area contributed by atoms with Crippen molar-refractivity contribution in [1.29, 1.82) is 0 Å². The molecule has 1 aromatic heterocycles. The zero-order valence-electron chi connectivity index (χ0n) is 12.5. The highest BCUT2D eigenvalue weighted by Gasteiger charge is 2.50. The Labute approximate surface area is 124 Å². The Bertz CT molecular complexity index is 641. The summed E-state index contributed by atoms with van der Waals surface area (Å²) >= 11 is 0. The number of ether oxygens (including phenoxy) is 1. The molecular formula is C16H22N4O. The Balaban J connectivity index is 1.45. The maximum Gasteiger partial charge on any atom is 0.115 e. The molecule has 2 aliphatic rings. The van der Waals surface area contributed by atoms with E-state index >= 15 is 0 Å². The molecule has 1 N–H and O–H groups in total. The number of fused-ring (bicyclic) bond motifs is 1. The van der Waals surface area contributed by atoms with Gasteiger partial charge in [0.15, 0.2) is 0 Å². The molecule has 1 saturated carbocycles. The first-order valence-corrected chi connectivity index (χ1v) is 7.92. The third-order valence-corrected chi connectivity index (χ3v) is 5.01. The van der Waals surface area contributed by atoms with E-state index in [1.165, 1.54) is 32.1 Å². The van der Waals surface area contributed by atoms with Crippen LogP contribution >= 0.6 is 0 Å². The van der Waals surface area contributed by atoms with Crippen molar-refractivity contribution in [2.45, 2.75) is 38.2 Å². The lowest BCUT2D eigenvalue weighted by atomic mass is 9.92. The van der Waals surface area contributed by atoms with Gasteiger partial charge in [0.05, 0.1) is 11.6 Å². The van der Waals surface area contributed by atoms with Crippen molar-refractivity contribution in [1.82, 2.24) is 15.0 Å². The maximum absolute atomic E-state index is 6.00. The van der Waals surface area contributed by atoms with Crippen LogP contribution in [0.25, 0.3) is 11.0 Å². The van der Waals surface area contributed by atoms with Crippen LogP contribution in [-0.4, -0.2) is 34.2 Å². The quantitative estimate of drug-likeness (QED) is 0.939. The largest absolute Gasteiger partial charge is 0.384 e. The zero-order chi connectivity index (χ0) is 14.3. The summed E-state index contributed by atoms with van der Waals surface area (Å²) in [6.45, 7) is 1.95. The van der Waals surface area contributed by atoms with E-state index < -0.39 is 0 Å². The first-order chi connectivity index (χ1) is 10.3. The highest BCUT2D eigenvalue weighted by Crippen LogP contribution is 2.52. The van der Waals surface area contributed by atoms with Crippen molar-refractivity contribution >= 4 is 16.7 Å². The molecule has 5 heteroatoms. The Morgan fingerprint density at radius 2 is 2.29 bits per heavy atom. The molecule has 1 unspecified atom stereocenters. The summed E-state index contributed by atoms with van der Waals surface area (Å²) in [5, 5.41) is 11.8. The molecule has 1 atom stereocenters. The average molecular weight is 286 g/mol. The molecule has 5 nitrogen and oxygen atoms in total. The molecule has 112 valence electrons. The SMILES string of the molecule is Cn1nnc2cc(NCC3(C4CCCCO4)CC3)ccc21. The van der Waals surface area contributed by atoms with Gasteiger partial charge < -0.3 is 10.1 Å². The van der Waals surface area contributed by atoms with E-state index in [0.717, 1.165) is 29.9 Å². The van der Waals surface area contributed by atoms with Gasteiger partial charge in [0.2, 0.25) is 0 Å². The molecule has 0 radical (unpaired) electrons. The van der Waals surface area contributed by atoms with Gasteiger partial charge in [-0.2, -0.15) is 0 Å². The predicted molar refractivity (Wildman–Crippen MR) is 82.3 cm³/mol. The van der Waals surface area contributed by atoms with E-state index in [-0.39, 0.29) is 0 Å². The van der Waals surface area contributed by atoms with Crippen molar-refractivity contribution in [2.24, 2.45) is 12.5 Å². The standard InChI is InChI=1S/C16H22N4O/c1-20-14-6-5-12(10-13(14)18-19-20)17-11-16(7-8-16)15-4-2-3-9-21-15/h5-6,10,15,17H,2-4,7-9,11H2,1H3. The lowest BCUT2D eigenvalue weighted by Crippen LogP contribution is -2.34. The molecule has 1 saturated heterocycles. The Hall–Kier alpha value is -1.62. The molecule has 1 aromatic carbocycles. The number of anilines is 1. The Morgan fingerprint density at radius 1 is 1.38 bits per heavy atom. The molecule has 1 aliphatic heterocycles. The highest BCUT2D eigenvalue weighted by molar-refractivity contribution is 5.78. The molecule has 2 aromatic rings. The second-order valence-corrected chi connectivity index (χ2v) is 6.49. The summed E-state index contributed by atoms with van der Waals surface area (Å²) in [6.07, 6.45) is 6.81. The normalized spacial score (nSPS) is 24.1. The van der Waals surface area contributed by atoms with Gasteiger partial charge in [-0.1, -0.05) is 5.21 Å². The number of aromatic nitrogens is 3. The van der Waals surface area contributed by atoms with Crippen molar-refractivity contribution in [2.75, 3.05) is 18.5 Å². The van der Waals surface area contributed by atoms with Crippen LogP contribution in [0.3, 0.4) is 0 Å². The third-order valence-electron chi connectivity index (χ3n) is 5.01. The van der Waals surface area contributed by atoms with Crippen molar-refractivity contribution in [3.8, 4) is 0 Å². The monoisotopic (exact) mass is 286 g/mol. The van der Waals surface area contributed by atoms with Crippen molar-refractivity contribution in [3.63, 3.8) is 0 Å². The van der Waals surface area contributed by atoms with Crippen LogP contribution in [0, 0.1) is 5.41 Å². The minimum absolute atomic E-state index is 0.373. The minimum Gasteiger partial charge on any atom is -0.384 e. The van der Waals surface area contributed by atoms with E-state index in [1.54, 1.807) is 4.68 Å². The summed E-state index contributed by atoms with van der Waals surface area (Å²) in [5.74, 6) is 0. The van der Waals surface area contributed by atoms with Crippen molar-refractivity contribution in [3.05, 3.63) is 18.2 Å². The molecule has 0 bridgehead atoms. The van der Waals surface area contributed by atoms with E-state index in [4.69, 9.17) is 4.74 Å². The van der Waals surface area contributed by atoms with Crippen LogP contribution in [0.1, 0.15) is 32.1 Å². The number of benzene rings is 1. The third kappa shape index (κ3) is 2.39. The first kappa shape index (κ1) is 13.1. The smallest absolute Gasteiger partial charge is 0.115 e. The van der Waals surface area contributed by atoms with E-state index in [1.807, 2.05) is 7.05 Å². The van der Waals surface area contributed by atoms with Crippen LogP contribution in [-0.2, 0) is 11.8 Å². The number of aryl methyl sites for hydroxylation is 1. The minimum atomic E-state index is 0.373. The van der Waals surface area contributed by atoms with E-state index in [2.05, 4.69) is 33.8 Å². The number of hydrogen-bond donors (Lipinski definition) is 1. The molecule has 0 amide bonds. The summed E-state index contributed by atoms with van der Waals surface area (Å²) in [6, 6.07) is 6.28. The summed E-state index contributed by atoms with van der Waals surface area (Å²) in [4.78, 5) is 0. The fraction of sp³-hybridized carbons (Fsp3) is 0.625. The van der Waals surface area contributed by atoms with E-state index in [9.17, 15) is 0 Å². The maximum atomic E-state index is 6.00. The van der Waals surface area contributed by atoms with Crippen LogP contribution in [0.2, 0.25) is 0 Å². The van der Waals surface area contributed by atoms with Gasteiger partial charge in [-0.3, -0.25) is 0 Å². The fourth-order valence-electron chi connectivity index (χ4n) is 3.43. The molecule has 4 rings (SSSR count). The van der Waals surface area contributed by atoms with Crippen LogP contribution in [0.5, 0.6) is 0 Å². The molecule has 2 heterocycles. The summed E-state index contributed by atoms with van der Waals surface area (Å²) < 4.78 is 7.80. The Kier molecular flexibility index (Phi) is 3.10. The molecule has 0 spiro atoms. The van der Waals surface area contributed by atoms with Crippen LogP contribution < -0.4 is 5.32 Å². The van der Waals surface area contributed by atoms with Gasteiger partial charge in [-0.25, -0.2) is 4.68 Å². The number of nitrogens with one attached hydrogen (secondary N) is 1. The fourth-order valence-corrected chi connectivity index (χ4v) is 3.43. The van der Waals surface area contributed by atoms with Crippen LogP contribution in [0.4, 0.5) is 5.69 Å². The van der Waals surface area contributed by atoms with Gasteiger partial charge >= 0.3 is 0 Å². The van der Waals surface area contributed by atoms with Crippen LogP contribution in [0.15, 0.2) is 18.2 Å². The lowest BCUT2D eigenvalue weighted by Gasteiger charge is -2.31. The van der Waals surface area contributed by atoms with Gasteiger partial charge in [0, 0.05) is 31.3 Å². The average Bonchev–Trinajstić information content (AvgIpc) is 3.25. The topological polar surface area (TPSA) is 52.0 Å².